The number of hydrazone groups is 1. The second-order valence-electron chi connectivity index (χ2n) is 8.73. The summed E-state index contributed by atoms with van der Waals surface area (Å²) in [6.45, 7) is 0.919. The van der Waals surface area contributed by atoms with Crippen molar-refractivity contribution >= 4 is 23.4 Å². The summed E-state index contributed by atoms with van der Waals surface area (Å²) in [6, 6.07) is 17.2. The Bertz CT molecular complexity index is 1070. The SMILES string of the molecule is COc1ccc([C@@H]2CC(c3ccccc3)=NN2C(=O)CCC(=O)N2CCC[C@H](C(N)=O)C2)cc1. The van der Waals surface area contributed by atoms with Crippen molar-refractivity contribution in [2.45, 2.75) is 38.1 Å². The number of rotatable bonds is 7. The summed E-state index contributed by atoms with van der Waals surface area (Å²) in [4.78, 5) is 39.2. The fourth-order valence-corrected chi connectivity index (χ4v) is 4.55. The van der Waals surface area contributed by atoms with Gasteiger partial charge in [0.2, 0.25) is 17.7 Å². The van der Waals surface area contributed by atoms with Gasteiger partial charge in [-0.05, 0) is 36.1 Å². The molecule has 4 rings (SSSR count). The van der Waals surface area contributed by atoms with Crippen LogP contribution in [0.4, 0.5) is 0 Å². The predicted molar refractivity (Wildman–Crippen MR) is 128 cm³/mol. The molecule has 2 aromatic rings. The van der Waals surface area contributed by atoms with Crippen molar-refractivity contribution in [3.05, 3.63) is 65.7 Å². The van der Waals surface area contributed by atoms with E-state index in [0.717, 1.165) is 29.0 Å². The Kier molecular flexibility index (Phi) is 7.25. The molecule has 2 aromatic carbocycles. The van der Waals surface area contributed by atoms with Crippen LogP contribution in [0.5, 0.6) is 5.75 Å². The summed E-state index contributed by atoms with van der Waals surface area (Å²) in [5, 5.41) is 6.18. The fraction of sp³-hybridized carbons (Fsp3) is 0.385. The summed E-state index contributed by atoms with van der Waals surface area (Å²) < 4.78 is 5.26. The monoisotopic (exact) mass is 462 g/mol. The number of hydrogen-bond acceptors (Lipinski definition) is 5. The second kappa shape index (κ2) is 10.5. The molecule has 2 atom stereocenters. The zero-order chi connectivity index (χ0) is 24.1. The van der Waals surface area contributed by atoms with E-state index in [1.54, 1.807) is 12.0 Å². The lowest BCUT2D eigenvalue weighted by Crippen LogP contribution is -2.44. The number of piperidine rings is 1. The number of methoxy groups -OCH3 is 1. The predicted octanol–water partition coefficient (Wildman–Crippen LogP) is 2.88. The third kappa shape index (κ3) is 5.27. The van der Waals surface area contributed by atoms with Crippen LogP contribution < -0.4 is 10.5 Å². The smallest absolute Gasteiger partial charge is 0.243 e. The van der Waals surface area contributed by atoms with Crippen LogP contribution in [0.15, 0.2) is 59.7 Å². The summed E-state index contributed by atoms with van der Waals surface area (Å²) in [5.74, 6) is -0.291. The summed E-state index contributed by atoms with van der Waals surface area (Å²) in [6.07, 6.45) is 2.15. The van der Waals surface area contributed by atoms with Crippen molar-refractivity contribution in [2.75, 3.05) is 20.2 Å². The van der Waals surface area contributed by atoms with Gasteiger partial charge >= 0.3 is 0 Å². The van der Waals surface area contributed by atoms with Gasteiger partial charge in [-0.2, -0.15) is 5.10 Å². The molecular formula is C26H30N4O4. The van der Waals surface area contributed by atoms with E-state index in [0.29, 0.717) is 25.9 Å². The molecule has 0 aromatic heterocycles. The molecule has 0 aliphatic carbocycles. The number of carbonyl (C=O) groups is 3. The van der Waals surface area contributed by atoms with Crippen molar-refractivity contribution in [3.63, 3.8) is 0 Å². The van der Waals surface area contributed by atoms with Gasteiger partial charge in [0.1, 0.15) is 5.75 Å². The van der Waals surface area contributed by atoms with Crippen LogP contribution in [-0.4, -0.2) is 53.5 Å². The number of amides is 3. The van der Waals surface area contributed by atoms with Crippen molar-refractivity contribution in [2.24, 2.45) is 16.8 Å². The molecule has 1 fully saturated rings. The molecule has 0 bridgehead atoms. The first-order valence-corrected chi connectivity index (χ1v) is 11.6. The lowest BCUT2D eigenvalue weighted by atomic mass is 9.97. The van der Waals surface area contributed by atoms with Crippen LogP contribution in [0, 0.1) is 5.92 Å². The Balaban J connectivity index is 1.47. The Hall–Kier alpha value is -3.68. The summed E-state index contributed by atoms with van der Waals surface area (Å²) in [7, 11) is 1.61. The summed E-state index contributed by atoms with van der Waals surface area (Å²) in [5.41, 5.74) is 8.18. The number of carbonyl (C=O) groups excluding carboxylic acids is 3. The minimum Gasteiger partial charge on any atom is -0.497 e. The van der Waals surface area contributed by atoms with Gasteiger partial charge in [-0.3, -0.25) is 14.4 Å². The maximum Gasteiger partial charge on any atom is 0.243 e. The van der Waals surface area contributed by atoms with E-state index in [9.17, 15) is 14.4 Å². The van der Waals surface area contributed by atoms with Gasteiger partial charge in [-0.15, -0.1) is 0 Å². The first-order chi connectivity index (χ1) is 16.5. The van der Waals surface area contributed by atoms with Crippen LogP contribution in [0.25, 0.3) is 0 Å². The maximum absolute atomic E-state index is 13.2. The van der Waals surface area contributed by atoms with Crippen molar-refractivity contribution < 1.29 is 19.1 Å². The molecular weight excluding hydrogens is 432 g/mol. The number of nitrogens with two attached hydrogens (primary N) is 1. The van der Waals surface area contributed by atoms with Crippen LogP contribution in [-0.2, 0) is 14.4 Å². The molecule has 2 aliphatic rings. The molecule has 34 heavy (non-hydrogen) atoms. The largest absolute Gasteiger partial charge is 0.497 e. The number of primary amides is 1. The topological polar surface area (TPSA) is 105 Å². The lowest BCUT2D eigenvalue weighted by molar-refractivity contribution is -0.139. The first kappa shape index (κ1) is 23.5. The van der Waals surface area contributed by atoms with E-state index in [1.165, 1.54) is 5.01 Å². The molecule has 2 N–H and O–H groups in total. The van der Waals surface area contributed by atoms with Crippen LogP contribution in [0.1, 0.15) is 49.3 Å². The summed E-state index contributed by atoms with van der Waals surface area (Å²) >= 11 is 0. The molecule has 8 heteroatoms. The molecule has 0 unspecified atom stereocenters. The zero-order valence-corrected chi connectivity index (χ0v) is 19.4. The highest BCUT2D eigenvalue weighted by atomic mass is 16.5. The zero-order valence-electron chi connectivity index (χ0n) is 19.4. The number of benzene rings is 2. The van der Waals surface area contributed by atoms with Gasteiger partial charge in [-0.25, -0.2) is 5.01 Å². The van der Waals surface area contributed by atoms with E-state index in [4.69, 9.17) is 10.5 Å². The van der Waals surface area contributed by atoms with E-state index in [2.05, 4.69) is 5.10 Å². The highest BCUT2D eigenvalue weighted by molar-refractivity contribution is 6.03. The van der Waals surface area contributed by atoms with E-state index >= 15 is 0 Å². The van der Waals surface area contributed by atoms with Gasteiger partial charge in [0.15, 0.2) is 0 Å². The minimum atomic E-state index is -0.379. The van der Waals surface area contributed by atoms with Crippen LogP contribution in [0.3, 0.4) is 0 Å². The van der Waals surface area contributed by atoms with Crippen LogP contribution in [0.2, 0.25) is 0 Å². The molecule has 2 aliphatic heterocycles. The molecule has 2 heterocycles. The second-order valence-corrected chi connectivity index (χ2v) is 8.73. The third-order valence-electron chi connectivity index (χ3n) is 6.50. The standard InChI is InChI=1S/C26H30N4O4/c1-34-21-11-9-19(10-12-21)23-16-22(18-6-3-2-4-7-18)28-30(23)25(32)14-13-24(31)29-15-5-8-20(17-29)26(27)33/h2-4,6-7,9-12,20,23H,5,8,13-17H2,1H3,(H2,27,33)/t20-,23-/m0/s1. The highest BCUT2D eigenvalue weighted by Gasteiger charge is 2.34. The van der Waals surface area contributed by atoms with Crippen molar-refractivity contribution in [1.29, 1.82) is 0 Å². The van der Waals surface area contributed by atoms with E-state index < -0.39 is 0 Å². The number of likely N-dealkylation sites (tertiary alicyclic amines) is 1. The third-order valence-corrected chi connectivity index (χ3v) is 6.50. The normalized spacial score (nSPS) is 20.1. The van der Waals surface area contributed by atoms with Gasteiger partial charge < -0.3 is 15.4 Å². The maximum atomic E-state index is 13.2. The molecule has 3 amide bonds. The lowest BCUT2D eigenvalue weighted by Gasteiger charge is -2.31. The molecule has 1 saturated heterocycles. The average molecular weight is 463 g/mol. The first-order valence-electron chi connectivity index (χ1n) is 11.6. The van der Waals surface area contributed by atoms with Crippen molar-refractivity contribution in [1.82, 2.24) is 9.91 Å². The number of ether oxygens (including phenoxy) is 1. The van der Waals surface area contributed by atoms with Gasteiger partial charge in [0.05, 0.1) is 24.8 Å². The molecule has 8 nitrogen and oxygen atoms in total. The number of hydrogen-bond donors (Lipinski definition) is 1. The van der Waals surface area contributed by atoms with Crippen molar-refractivity contribution in [3.8, 4) is 5.75 Å². The minimum absolute atomic E-state index is 0.0504. The van der Waals surface area contributed by atoms with Crippen LogP contribution >= 0.6 is 0 Å². The Morgan fingerprint density at radius 2 is 1.74 bits per heavy atom. The van der Waals surface area contributed by atoms with Gasteiger partial charge in [0, 0.05) is 32.4 Å². The molecule has 0 saturated carbocycles. The van der Waals surface area contributed by atoms with Gasteiger partial charge in [0.25, 0.3) is 0 Å². The average Bonchev–Trinajstić information content (AvgIpc) is 3.33. The highest BCUT2D eigenvalue weighted by Crippen LogP contribution is 2.34. The Labute approximate surface area is 199 Å². The van der Waals surface area contributed by atoms with Gasteiger partial charge in [-0.1, -0.05) is 42.5 Å². The fourth-order valence-electron chi connectivity index (χ4n) is 4.55. The number of nitrogens with zero attached hydrogens (tertiary/aromatic N) is 3. The Morgan fingerprint density at radius 3 is 2.41 bits per heavy atom. The molecule has 178 valence electrons. The molecule has 0 spiro atoms. The van der Waals surface area contributed by atoms with E-state index in [-0.39, 0.29) is 42.5 Å². The van der Waals surface area contributed by atoms with E-state index in [1.807, 2.05) is 54.6 Å². The molecule has 0 radical (unpaired) electrons. The Morgan fingerprint density at radius 1 is 1.03 bits per heavy atom. The quantitative estimate of drug-likeness (QED) is 0.683.